The number of nitrogens with two attached hydrogens (primary N) is 1. The topological polar surface area (TPSA) is 54.1 Å². The van der Waals surface area contributed by atoms with Crippen molar-refractivity contribution in [2.45, 2.75) is 6.42 Å². The van der Waals surface area contributed by atoms with E-state index < -0.39 is 0 Å². The number of hydrogen-bond acceptors (Lipinski definition) is 4. The lowest BCUT2D eigenvalue weighted by molar-refractivity contribution is 0.414. The van der Waals surface area contributed by atoms with Gasteiger partial charge in [-0.05, 0) is 24.5 Å². The molecule has 134 valence electrons. The van der Waals surface area contributed by atoms with Gasteiger partial charge < -0.3 is 20.3 Å². The van der Waals surface area contributed by atoms with Crippen molar-refractivity contribution in [3.63, 3.8) is 0 Å². The fraction of sp³-hybridized carbons (Fsp3) is 0.588. The summed E-state index contributed by atoms with van der Waals surface area (Å²) in [5.41, 5.74) is 7.33. The van der Waals surface area contributed by atoms with E-state index in [0.29, 0.717) is 5.92 Å². The quantitative estimate of drug-likeness (QED) is 0.424. The van der Waals surface area contributed by atoms with Crippen molar-refractivity contribution in [1.29, 1.82) is 0 Å². The molecule has 24 heavy (non-hydrogen) atoms. The van der Waals surface area contributed by atoms with Gasteiger partial charge in [-0.25, -0.2) is 0 Å². The molecule has 0 aliphatic carbocycles. The van der Waals surface area contributed by atoms with Crippen molar-refractivity contribution in [1.82, 2.24) is 4.90 Å². The summed E-state index contributed by atoms with van der Waals surface area (Å²) >= 11 is 1.99. The third-order valence-corrected chi connectivity index (χ3v) is 5.50. The first-order valence-electron chi connectivity index (χ1n) is 8.28. The Hall–Kier alpha value is -0.830. The lowest BCUT2D eigenvalue weighted by Crippen LogP contribution is -2.43. The van der Waals surface area contributed by atoms with Crippen molar-refractivity contribution < 1.29 is 4.74 Å². The molecule has 0 spiro atoms. The average Bonchev–Trinajstić information content (AvgIpc) is 3.09. The van der Waals surface area contributed by atoms with Crippen LogP contribution in [0.4, 0.5) is 5.69 Å². The molecule has 5 nitrogen and oxygen atoms in total. The zero-order valence-corrected chi connectivity index (χ0v) is 17.3. The third-order valence-electron chi connectivity index (χ3n) is 4.56. The molecule has 7 heteroatoms. The van der Waals surface area contributed by atoms with Crippen LogP contribution in [0.3, 0.4) is 0 Å². The molecular formula is C17H27IN4OS. The van der Waals surface area contributed by atoms with Crippen LogP contribution in [0.25, 0.3) is 0 Å². The van der Waals surface area contributed by atoms with Gasteiger partial charge in [-0.1, -0.05) is 12.1 Å². The van der Waals surface area contributed by atoms with E-state index in [1.807, 2.05) is 23.9 Å². The van der Waals surface area contributed by atoms with E-state index >= 15 is 0 Å². The highest BCUT2D eigenvalue weighted by molar-refractivity contribution is 14.0. The van der Waals surface area contributed by atoms with E-state index in [1.165, 1.54) is 5.69 Å². The summed E-state index contributed by atoms with van der Waals surface area (Å²) in [7, 11) is 1.73. The number of hydrogen-bond donors (Lipinski definition) is 1. The highest BCUT2D eigenvalue weighted by Gasteiger charge is 2.24. The van der Waals surface area contributed by atoms with Crippen LogP contribution in [-0.4, -0.2) is 62.2 Å². The number of rotatable bonds is 4. The summed E-state index contributed by atoms with van der Waals surface area (Å²) in [5, 5.41) is 0. The molecule has 2 heterocycles. The van der Waals surface area contributed by atoms with Gasteiger partial charge in [0.2, 0.25) is 0 Å². The lowest BCUT2D eigenvalue weighted by atomic mass is 10.1. The number of methoxy groups -OCH3 is 1. The molecule has 2 N–H and O–H groups in total. The fourth-order valence-corrected chi connectivity index (χ4v) is 4.11. The molecule has 2 aliphatic heterocycles. The molecule has 0 bridgehead atoms. The molecular weight excluding hydrogens is 435 g/mol. The van der Waals surface area contributed by atoms with Crippen LogP contribution in [0.1, 0.15) is 6.42 Å². The van der Waals surface area contributed by atoms with Crippen LogP contribution in [0.2, 0.25) is 0 Å². The van der Waals surface area contributed by atoms with Gasteiger partial charge in [0.1, 0.15) is 5.75 Å². The Kier molecular flexibility index (Phi) is 7.80. The molecule has 0 amide bonds. The Balaban J connectivity index is 0.00000208. The summed E-state index contributed by atoms with van der Waals surface area (Å²) in [6.45, 7) is 4.95. The van der Waals surface area contributed by atoms with Crippen LogP contribution in [0, 0.1) is 5.92 Å². The SMILES string of the molecule is COc1ccccc1N1CCC(CN=C(N)N2CCSCC2)C1.I. The number of nitrogens with zero attached hydrogens (tertiary/aromatic N) is 3. The number of halogens is 1. The summed E-state index contributed by atoms with van der Waals surface area (Å²) < 4.78 is 5.47. The zero-order chi connectivity index (χ0) is 16.1. The number of aliphatic imine (C=N–C) groups is 1. The van der Waals surface area contributed by atoms with Crippen LogP contribution in [0.15, 0.2) is 29.3 Å². The number of ether oxygens (including phenoxy) is 1. The second-order valence-electron chi connectivity index (χ2n) is 6.07. The van der Waals surface area contributed by atoms with Crippen molar-refractivity contribution in [2.75, 3.05) is 56.2 Å². The molecule has 0 aromatic heterocycles. The summed E-state index contributed by atoms with van der Waals surface area (Å²) in [4.78, 5) is 9.26. The minimum absolute atomic E-state index is 0. The number of thioether (sulfide) groups is 1. The third kappa shape index (κ3) is 4.84. The molecule has 0 radical (unpaired) electrons. The number of guanidine groups is 1. The minimum Gasteiger partial charge on any atom is -0.495 e. The van der Waals surface area contributed by atoms with Gasteiger partial charge in [-0.2, -0.15) is 11.8 Å². The Morgan fingerprint density at radius 3 is 2.79 bits per heavy atom. The van der Waals surface area contributed by atoms with Crippen molar-refractivity contribution >= 4 is 47.4 Å². The van der Waals surface area contributed by atoms with Gasteiger partial charge in [0.15, 0.2) is 5.96 Å². The number of anilines is 1. The first kappa shape index (κ1) is 19.5. The predicted octanol–water partition coefficient (Wildman–Crippen LogP) is 2.50. The van der Waals surface area contributed by atoms with E-state index in [4.69, 9.17) is 10.5 Å². The van der Waals surface area contributed by atoms with Crippen LogP contribution in [0.5, 0.6) is 5.75 Å². The smallest absolute Gasteiger partial charge is 0.191 e. The maximum absolute atomic E-state index is 6.15. The Bertz CT molecular complexity index is 551. The van der Waals surface area contributed by atoms with Crippen molar-refractivity contribution in [3.8, 4) is 5.75 Å². The van der Waals surface area contributed by atoms with Crippen LogP contribution in [-0.2, 0) is 0 Å². The Morgan fingerprint density at radius 1 is 1.29 bits per heavy atom. The van der Waals surface area contributed by atoms with Gasteiger partial charge in [-0.15, -0.1) is 24.0 Å². The highest BCUT2D eigenvalue weighted by atomic mass is 127. The first-order valence-corrected chi connectivity index (χ1v) is 9.44. The van der Waals surface area contributed by atoms with Gasteiger partial charge in [0.05, 0.1) is 12.8 Å². The van der Waals surface area contributed by atoms with Crippen molar-refractivity contribution in [3.05, 3.63) is 24.3 Å². The second-order valence-corrected chi connectivity index (χ2v) is 7.30. The largest absolute Gasteiger partial charge is 0.495 e. The molecule has 2 aliphatic rings. The van der Waals surface area contributed by atoms with Crippen molar-refractivity contribution in [2.24, 2.45) is 16.6 Å². The molecule has 3 rings (SSSR count). The van der Waals surface area contributed by atoms with Gasteiger partial charge in [0.25, 0.3) is 0 Å². The van der Waals surface area contributed by atoms with Crippen LogP contribution >= 0.6 is 35.7 Å². The molecule has 1 unspecified atom stereocenters. The minimum atomic E-state index is 0. The molecule has 0 saturated carbocycles. The number of benzene rings is 1. The standard InChI is InChI=1S/C17H26N4OS.HI/c1-22-16-5-3-2-4-15(16)21-7-6-14(13-21)12-19-17(18)20-8-10-23-11-9-20;/h2-5,14H,6-13H2,1H3,(H2,18,19);1H. The first-order chi connectivity index (χ1) is 11.3. The molecule has 2 fully saturated rings. The zero-order valence-electron chi connectivity index (χ0n) is 14.2. The monoisotopic (exact) mass is 462 g/mol. The van der Waals surface area contributed by atoms with Gasteiger partial charge in [-0.3, -0.25) is 4.99 Å². The normalized spacial score (nSPS) is 21.5. The molecule has 1 aromatic carbocycles. The van der Waals surface area contributed by atoms with Gasteiger partial charge in [0, 0.05) is 44.2 Å². The summed E-state index contributed by atoms with van der Waals surface area (Å²) in [5.74, 6) is 4.54. The highest BCUT2D eigenvalue weighted by Crippen LogP contribution is 2.31. The van der Waals surface area contributed by atoms with E-state index in [0.717, 1.165) is 62.4 Å². The average molecular weight is 462 g/mol. The molecule has 1 atom stereocenters. The molecule has 1 aromatic rings. The predicted molar refractivity (Wildman–Crippen MR) is 114 cm³/mol. The Morgan fingerprint density at radius 2 is 2.04 bits per heavy atom. The Labute approximate surface area is 166 Å². The summed E-state index contributed by atoms with van der Waals surface area (Å²) in [6.07, 6.45) is 1.16. The fourth-order valence-electron chi connectivity index (χ4n) is 3.21. The van der Waals surface area contributed by atoms with E-state index in [1.54, 1.807) is 7.11 Å². The summed E-state index contributed by atoms with van der Waals surface area (Å²) in [6, 6.07) is 8.23. The molecule has 2 saturated heterocycles. The van der Waals surface area contributed by atoms with E-state index in [9.17, 15) is 0 Å². The number of para-hydroxylation sites is 2. The van der Waals surface area contributed by atoms with E-state index in [-0.39, 0.29) is 24.0 Å². The maximum atomic E-state index is 6.15. The lowest BCUT2D eigenvalue weighted by Gasteiger charge is -2.27. The van der Waals surface area contributed by atoms with E-state index in [2.05, 4.69) is 26.9 Å². The second kappa shape index (κ2) is 9.60. The maximum Gasteiger partial charge on any atom is 0.191 e. The van der Waals surface area contributed by atoms with Crippen LogP contribution < -0.4 is 15.4 Å². The van der Waals surface area contributed by atoms with Gasteiger partial charge >= 0.3 is 0 Å².